The van der Waals surface area contributed by atoms with E-state index in [2.05, 4.69) is 15.3 Å². The van der Waals surface area contributed by atoms with E-state index in [1.54, 1.807) is 30.3 Å². The number of rotatable bonds is 4. The summed E-state index contributed by atoms with van der Waals surface area (Å²) >= 11 is 18.3. The van der Waals surface area contributed by atoms with Crippen molar-refractivity contribution in [3.63, 3.8) is 0 Å². The van der Waals surface area contributed by atoms with Gasteiger partial charge in [0.25, 0.3) is 0 Å². The molecule has 128 valence electrons. The van der Waals surface area contributed by atoms with Crippen LogP contribution in [-0.2, 0) is 6.54 Å². The molecule has 0 spiro atoms. The first-order valence-corrected chi connectivity index (χ1v) is 8.10. The summed E-state index contributed by atoms with van der Waals surface area (Å²) in [5, 5.41) is 5.70. The molecular formula is C15H11Cl3N6O. The van der Waals surface area contributed by atoms with Crippen molar-refractivity contribution in [2.75, 3.05) is 16.5 Å². The van der Waals surface area contributed by atoms with Crippen molar-refractivity contribution in [3.05, 3.63) is 55.9 Å². The average molecular weight is 398 g/mol. The van der Waals surface area contributed by atoms with Crippen molar-refractivity contribution in [2.24, 2.45) is 5.29 Å². The van der Waals surface area contributed by atoms with Gasteiger partial charge in [-0.2, -0.15) is 4.98 Å². The first-order chi connectivity index (χ1) is 11.9. The van der Waals surface area contributed by atoms with E-state index in [1.165, 1.54) is 5.01 Å². The Morgan fingerprint density at radius 3 is 2.48 bits per heavy atom. The second-order valence-corrected chi connectivity index (χ2v) is 6.33. The number of hydrogen-bond acceptors (Lipinski definition) is 6. The van der Waals surface area contributed by atoms with E-state index in [9.17, 15) is 4.91 Å². The van der Waals surface area contributed by atoms with Gasteiger partial charge in [-0.25, -0.2) is 9.99 Å². The van der Waals surface area contributed by atoms with Crippen LogP contribution in [0.3, 0.4) is 0 Å². The highest BCUT2D eigenvalue weighted by atomic mass is 35.5. The third kappa shape index (κ3) is 3.39. The number of aromatic nitrogens is 2. The van der Waals surface area contributed by atoms with Crippen LogP contribution in [0.2, 0.25) is 15.1 Å². The summed E-state index contributed by atoms with van der Waals surface area (Å²) in [6, 6.07) is 8.16. The predicted octanol–water partition coefficient (Wildman–Crippen LogP) is 4.44. The van der Waals surface area contributed by atoms with Gasteiger partial charge in [-0.3, -0.25) is 0 Å². The summed E-state index contributed by atoms with van der Waals surface area (Å²) < 4.78 is 0. The molecular weight excluding hydrogens is 387 g/mol. The summed E-state index contributed by atoms with van der Waals surface area (Å²) in [5.41, 5.74) is 13.1. The van der Waals surface area contributed by atoms with Crippen molar-refractivity contribution < 1.29 is 0 Å². The van der Waals surface area contributed by atoms with E-state index in [4.69, 9.17) is 46.3 Å². The van der Waals surface area contributed by atoms with Crippen LogP contribution in [0, 0.1) is 4.91 Å². The minimum absolute atomic E-state index is 0.0563. The van der Waals surface area contributed by atoms with Gasteiger partial charge < -0.3 is 11.5 Å². The number of hydrogen-bond donors (Lipinski definition) is 2. The second-order valence-electron chi connectivity index (χ2n) is 5.14. The number of benzene rings is 2. The van der Waals surface area contributed by atoms with E-state index in [0.29, 0.717) is 37.2 Å². The largest absolute Gasteiger partial charge is 0.383 e. The maximum Gasteiger partial charge on any atom is 0.222 e. The van der Waals surface area contributed by atoms with Crippen molar-refractivity contribution in [1.29, 1.82) is 0 Å². The molecule has 25 heavy (non-hydrogen) atoms. The molecule has 3 aromatic rings. The van der Waals surface area contributed by atoms with Crippen molar-refractivity contribution in [1.82, 2.24) is 9.97 Å². The van der Waals surface area contributed by atoms with Crippen LogP contribution in [0.5, 0.6) is 0 Å². The monoisotopic (exact) mass is 396 g/mol. The maximum atomic E-state index is 11.3. The second kappa shape index (κ2) is 6.87. The molecule has 0 amide bonds. The van der Waals surface area contributed by atoms with Crippen LogP contribution < -0.4 is 16.5 Å². The zero-order chi connectivity index (χ0) is 18.1. The highest BCUT2D eigenvalue weighted by molar-refractivity contribution is 6.42. The highest BCUT2D eigenvalue weighted by Crippen LogP contribution is 2.33. The minimum Gasteiger partial charge on any atom is -0.383 e. The molecule has 0 saturated heterocycles. The van der Waals surface area contributed by atoms with Gasteiger partial charge in [-0.15, -0.1) is 4.91 Å². The topological polar surface area (TPSA) is 110 Å². The van der Waals surface area contributed by atoms with Gasteiger partial charge in [0, 0.05) is 0 Å². The molecule has 0 aliphatic rings. The number of halogens is 3. The molecule has 0 saturated carbocycles. The summed E-state index contributed by atoms with van der Waals surface area (Å²) in [6.45, 7) is 0.0973. The Labute approximate surface area is 157 Å². The fourth-order valence-corrected chi connectivity index (χ4v) is 2.98. The minimum atomic E-state index is 0.0563. The van der Waals surface area contributed by atoms with Gasteiger partial charge in [0.1, 0.15) is 5.82 Å². The molecule has 7 nitrogen and oxygen atoms in total. The van der Waals surface area contributed by atoms with Crippen molar-refractivity contribution >= 4 is 63.2 Å². The van der Waals surface area contributed by atoms with Crippen LogP contribution in [0.4, 0.5) is 17.5 Å². The fourth-order valence-electron chi connectivity index (χ4n) is 2.37. The summed E-state index contributed by atoms with van der Waals surface area (Å²) in [5.74, 6) is 0.218. The van der Waals surface area contributed by atoms with Gasteiger partial charge in [0.05, 0.1) is 43.5 Å². The lowest BCUT2D eigenvalue weighted by Gasteiger charge is -2.17. The van der Waals surface area contributed by atoms with Gasteiger partial charge in [0.2, 0.25) is 5.95 Å². The third-order valence-corrected chi connectivity index (χ3v) is 4.72. The molecule has 1 aromatic heterocycles. The van der Waals surface area contributed by atoms with Crippen LogP contribution in [0.25, 0.3) is 10.9 Å². The van der Waals surface area contributed by atoms with Gasteiger partial charge in [0.15, 0.2) is 0 Å². The van der Waals surface area contributed by atoms with E-state index < -0.39 is 0 Å². The zero-order valence-corrected chi connectivity index (χ0v) is 14.8. The van der Waals surface area contributed by atoms with E-state index >= 15 is 0 Å². The van der Waals surface area contributed by atoms with E-state index in [1.807, 2.05) is 0 Å². The number of anilines is 3. The Morgan fingerprint density at radius 1 is 1.04 bits per heavy atom. The lowest BCUT2D eigenvalue weighted by atomic mass is 10.1. The number of nitroso groups, excluding NO2 is 1. The molecule has 0 aliphatic carbocycles. The average Bonchev–Trinajstić information content (AvgIpc) is 2.56. The normalized spacial score (nSPS) is 10.8. The van der Waals surface area contributed by atoms with E-state index in [0.717, 1.165) is 0 Å². The smallest absolute Gasteiger partial charge is 0.222 e. The Hall–Kier alpha value is -2.35. The Bertz CT molecular complexity index is 981. The van der Waals surface area contributed by atoms with Crippen LogP contribution in [0.15, 0.2) is 35.6 Å². The number of fused-ring (bicyclic) bond motifs is 1. The molecule has 0 bridgehead atoms. The molecule has 3 rings (SSSR count). The first kappa shape index (κ1) is 17.5. The van der Waals surface area contributed by atoms with Gasteiger partial charge in [-0.05, 0) is 29.8 Å². The van der Waals surface area contributed by atoms with Gasteiger partial charge in [-0.1, -0.05) is 40.9 Å². The van der Waals surface area contributed by atoms with Crippen LogP contribution in [-0.4, -0.2) is 9.97 Å². The van der Waals surface area contributed by atoms with E-state index in [-0.39, 0.29) is 18.3 Å². The molecule has 10 heteroatoms. The zero-order valence-electron chi connectivity index (χ0n) is 12.6. The SMILES string of the molecule is Nc1nc(N)c2c(Cl)c(CN(N=O)c3ccc(Cl)c(Cl)c3)ccc2n1. The van der Waals surface area contributed by atoms with Crippen LogP contribution in [0.1, 0.15) is 5.56 Å². The standard InChI is InChI=1S/C15H11Cl3N6O/c16-9-3-2-8(5-10(9)17)24(23-25)6-7-1-4-11-12(13(7)18)14(19)22-15(20)21-11/h1-5H,6H2,(H4,19,20,21,22). The Kier molecular flexibility index (Phi) is 4.80. The number of nitrogens with two attached hydrogens (primary N) is 2. The molecule has 1 heterocycles. The molecule has 0 fully saturated rings. The van der Waals surface area contributed by atoms with Crippen molar-refractivity contribution in [3.8, 4) is 0 Å². The van der Waals surface area contributed by atoms with Gasteiger partial charge >= 0.3 is 0 Å². The quantitative estimate of drug-likeness (QED) is 0.497. The molecule has 4 N–H and O–H groups in total. The Morgan fingerprint density at radius 2 is 1.80 bits per heavy atom. The summed E-state index contributed by atoms with van der Waals surface area (Å²) in [7, 11) is 0. The summed E-state index contributed by atoms with van der Waals surface area (Å²) in [6.07, 6.45) is 0. The molecule has 0 unspecified atom stereocenters. The first-order valence-electron chi connectivity index (χ1n) is 6.96. The number of nitrogen functional groups attached to an aromatic ring is 2. The molecule has 2 aromatic carbocycles. The molecule has 0 aliphatic heterocycles. The molecule has 0 atom stereocenters. The summed E-state index contributed by atoms with van der Waals surface area (Å²) in [4.78, 5) is 19.3. The maximum absolute atomic E-state index is 11.3. The van der Waals surface area contributed by atoms with Crippen molar-refractivity contribution in [2.45, 2.75) is 6.54 Å². The Balaban J connectivity index is 2.02. The van der Waals surface area contributed by atoms with Crippen LogP contribution >= 0.6 is 34.8 Å². The number of nitrogens with zero attached hydrogens (tertiary/aromatic N) is 4. The lowest BCUT2D eigenvalue weighted by Crippen LogP contribution is -2.15. The predicted molar refractivity (Wildman–Crippen MR) is 102 cm³/mol. The highest BCUT2D eigenvalue weighted by Gasteiger charge is 2.16. The molecule has 0 radical (unpaired) electrons. The fraction of sp³-hybridized carbons (Fsp3) is 0.0667. The lowest BCUT2D eigenvalue weighted by molar-refractivity contribution is 0.848. The third-order valence-electron chi connectivity index (χ3n) is 3.55.